The summed E-state index contributed by atoms with van der Waals surface area (Å²) in [5.74, 6) is 0.645. The third-order valence-electron chi connectivity index (χ3n) is 1.97. The van der Waals surface area contributed by atoms with E-state index in [0.717, 1.165) is 4.43 Å². The van der Waals surface area contributed by atoms with Gasteiger partial charge in [-0.2, -0.15) is 0 Å². The summed E-state index contributed by atoms with van der Waals surface area (Å²) < 4.78 is 0.969. The highest BCUT2D eigenvalue weighted by atomic mass is 127. The minimum atomic E-state index is -0.279. The average Bonchev–Trinajstić information content (AvgIpc) is 1.96. The largest absolute Gasteiger partial charge is 0.352 e. The van der Waals surface area contributed by atoms with Crippen molar-refractivity contribution in [3.8, 4) is 0 Å². The first kappa shape index (κ1) is 13.2. The van der Waals surface area contributed by atoms with Crippen molar-refractivity contribution in [3.05, 3.63) is 0 Å². The predicted molar refractivity (Wildman–Crippen MR) is 65.1 cm³/mol. The highest BCUT2D eigenvalue weighted by Crippen LogP contribution is 2.15. The molecule has 13 heavy (non-hydrogen) atoms. The third-order valence-corrected chi connectivity index (χ3v) is 2.92. The number of alkyl halides is 1. The number of nitrogens with one attached hydrogen (secondary N) is 1. The highest BCUT2D eigenvalue weighted by molar-refractivity contribution is 14.1. The van der Waals surface area contributed by atoms with E-state index in [1.165, 1.54) is 0 Å². The van der Waals surface area contributed by atoms with Gasteiger partial charge in [0.1, 0.15) is 0 Å². The van der Waals surface area contributed by atoms with Crippen LogP contribution >= 0.6 is 22.6 Å². The number of halogens is 1. The van der Waals surface area contributed by atoms with Crippen molar-refractivity contribution >= 4 is 28.5 Å². The Morgan fingerprint density at radius 2 is 1.85 bits per heavy atom. The molecule has 1 N–H and O–H groups in total. The number of rotatable bonds is 3. The molecule has 0 saturated carbocycles. The van der Waals surface area contributed by atoms with Gasteiger partial charge in [-0.15, -0.1) is 0 Å². The van der Waals surface area contributed by atoms with Crippen LogP contribution in [0.4, 0.5) is 0 Å². The van der Waals surface area contributed by atoms with Gasteiger partial charge in [0.05, 0.1) is 0 Å². The van der Waals surface area contributed by atoms with Crippen LogP contribution in [0, 0.1) is 11.3 Å². The van der Waals surface area contributed by atoms with Gasteiger partial charge in [-0.05, 0) is 5.92 Å². The van der Waals surface area contributed by atoms with Crippen molar-refractivity contribution in [2.45, 2.75) is 40.7 Å². The molecule has 0 fully saturated rings. The molecule has 0 aliphatic carbocycles. The molecule has 0 aromatic carbocycles. The summed E-state index contributed by atoms with van der Waals surface area (Å²) in [5, 5.41) is 3.06. The van der Waals surface area contributed by atoms with E-state index in [9.17, 15) is 4.79 Å². The summed E-state index contributed by atoms with van der Waals surface area (Å²) in [4.78, 5) is 11.6. The summed E-state index contributed by atoms with van der Waals surface area (Å²) >= 11 is 2.31. The van der Waals surface area contributed by atoms with Gasteiger partial charge in [-0.3, -0.25) is 4.79 Å². The van der Waals surface area contributed by atoms with Crippen molar-refractivity contribution < 1.29 is 4.79 Å². The Balaban J connectivity index is 4.18. The van der Waals surface area contributed by atoms with Crippen LogP contribution in [-0.4, -0.2) is 16.4 Å². The first-order valence-corrected chi connectivity index (χ1v) is 6.18. The van der Waals surface area contributed by atoms with Gasteiger partial charge in [-0.1, -0.05) is 57.2 Å². The van der Waals surface area contributed by atoms with Gasteiger partial charge < -0.3 is 5.32 Å². The standard InChI is InChI=1S/C10H20INO/c1-7(2)8(6-11)12-9(13)10(3,4)5/h7-8H,6H2,1-5H3,(H,12,13). The normalized spacial score (nSPS) is 14.4. The SMILES string of the molecule is CC(C)C(CI)NC(=O)C(C)(C)C. The molecule has 0 saturated heterocycles. The summed E-state index contributed by atoms with van der Waals surface area (Å²) in [6, 6.07) is 0.298. The number of amides is 1. The van der Waals surface area contributed by atoms with E-state index in [4.69, 9.17) is 0 Å². The van der Waals surface area contributed by atoms with Gasteiger partial charge in [0, 0.05) is 15.9 Å². The van der Waals surface area contributed by atoms with Gasteiger partial charge in [0.2, 0.25) is 5.91 Å². The number of hydrogen-bond donors (Lipinski definition) is 1. The summed E-state index contributed by atoms with van der Waals surface area (Å²) in [5.41, 5.74) is -0.279. The Kier molecular flexibility index (Phi) is 5.25. The lowest BCUT2D eigenvalue weighted by atomic mass is 9.94. The van der Waals surface area contributed by atoms with E-state index in [1.54, 1.807) is 0 Å². The molecule has 0 bridgehead atoms. The zero-order valence-electron chi connectivity index (χ0n) is 9.15. The van der Waals surface area contributed by atoms with Crippen LogP contribution in [0.5, 0.6) is 0 Å². The number of hydrogen-bond acceptors (Lipinski definition) is 1. The molecule has 78 valence electrons. The molecule has 0 aliphatic rings. The molecular formula is C10H20INO. The lowest BCUT2D eigenvalue weighted by Gasteiger charge is -2.25. The smallest absolute Gasteiger partial charge is 0.225 e. The minimum Gasteiger partial charge on any atom is -0.352 e. The molecular weight excluding hydrogens is 277 g/mol. The molecule has 0 heterocycles. The van der Waals surface area contributed by atoms with Crippen LogP contribution in [0.2, 0.25) is 0 Å². The highest BCUT2D eigenvalue weighted by Gasteiger charge is 2.24. The molecule has 0 aromatic heterocycles. The van der Waals surface area contributed by atoms with Crippen LogP contribution in [0.15, 0.2) is 0 Å². The van der Waals surface area contributed by atoms with Crippen molar-refractivity contribution in [3.63, 3.8) is 0 Å². The second-order valence-corrected chi connectivity index (χ2v) is 5.61. The monoisotopic (exact) mass is 297 g/mol. The van der Waals surface area contributed by atoms with Gasteiger partial charge in [-0.25, -0.2) is 0 Å². The Morgan fingerprint density at radius 3 is 2.08 bits per heavy atom. The summed E-state index contributed by atoms with van der Waals surface area (Å²) in [6.45, 7) is 10.1. The van der Waals surface area contributed by atoms with Crippen LogP contribution < -0.4 is 5.32 Å². The average molecular weight is 297 g/mol. The van der Waals surface area contributed by atoms with Crippen molar-refractivity contribution in [1.82, 2.24) is 5.32 Å². The van der Waals surface area contributed by atoms with E-state index >= 15 is 0 Å². The Morgan fingerprint density at radius 1 is 1.38 bits per heavy atom. The Hall–Kier alpha value is 0.200. The first-order valence-electron chi connectivity index (χ1n) is 4.66. The van der Waals surface area contributed by atoms with E-state index < -0.39 is 0 Å². The molecule has 2 nitrogen and oxygen atoms in total. The maximum atomic E-state index is 11.6. The lowest BCUT2D eigenvalue weighted by Crippen LogP contribution is -2.45. The zero-order chi connectivity index (χ0) is 10.6. The van der Waals surface area contributed by atoms with Crippen molar-refractivity contribution in [1.29, 1.82) is 0 Å². The molecule has 0 spiro atoms. The fourth-order valence-corrected chi connectivity index (χ4v) is 2.01. The molecule has 1 unspecified atom stereocenters. The van der Waals surface area contributed by atoms with Crippen molar-refractivity contribution in [2.75, 3.05) is 4.43 Å². The van der Waals surface area contributed by atoms with Gasteiger partial charge >= 0.3 is 0 Å². The molecule has 0 rings (SSSR count). The second kappa shape index (κ2) is 5.17. The topological polar surface area (TPSA) is 29.1 Å². The number of carbonyl (C=O) groups is 1. The third kappa shape index (κ3) is 4.84. The van der Waals surface area contributed by atoms with E-state index in [1.807, 2.05) is 20.8 Å². The molecule has 3 heteroatoms. The van der Waals surface area contributed by atoms with Crippen LogP contribution in [0.3, 0.4) is 0 Å². The van der Waals surface area contributed by atoms with Crippen LogP contribution in [-0.2, 0) is 4.79 Å². The number of carbonyl (C=O) groups excluding carboxylic acids is 1. The maximum absolute atomic E-state index is 11.6. The maximum Gasteiger partial charge on any atom is 0.225 e. The molecule has 0 radical (unpaired) electrons. The Bertz CT molecular complexity index is 172. The van der Waals surface area contributed by atoms with Gasteiger partial charge in [0.25, 0.3) is 0 Å². The fourth-order valence-electron chi connectivity index (χ4n) is 0.768. The van der Waals surface area contributed by atoms with Crippen LogP contribution in [0.1, 0.15) is 34.6 Å². The molecule has 0 aromatic rings. The van der Waals surface area contributed by atoms with E-state index in [-0.39, 0.29) is 11.3 Å². The zero-order valence-corrected chi connectivity index (χ0v) is 11.3. The van der Waals surface area contributed by atoms with E-state index in [0.29, 0.717) is 12.0 Å². The predicted octanol–water partition coefficient (Wildman–Crippen LogP) is 2.61. The lowest BCUT2D eigenvalue weighted by molar-refractivity contribution is -0.129. The molecule has 1 atom stereocenters. The van der Waals surface area contributed by atoms with E-state index in [2.05, 4.69) is 41.8 Å². The first-order chi connectivity index (χ1) is 5.79. The fraction of sp³-hybridized carbons (Fsp3) is 0.900. The van der Waals surface area contributed by atoms with Crippen molar-refractivity contribution in [2.24, 2.45) is 11.3 Å². The Labute approximate surface area is 95.0 Å². The molecule has 0 aliphatic heterocycles. The summed E-state index contributed by atoms with van der Waals surface area (Å²) in [7, 11) is 0. The van der Waals surface area contributed by atoms with Gasteiger partial charge in [0.15, 0.2) is 0 Å². The minimum absolute atomic E-state index is 0.142. The second-order valence-electron chi connectivity index (χ2n) is 4.73. The van der Waals surface area contributed by atoms with Crippen LogP contribution in [0.25, 0.3) is 0 Å². The quantitative estimate of drug-likeness (QED) is 0.629. The molecule has 1 amide bonds. The summed E-state index contributed by atoms with van der Waals surface area (Å²) in [6.07, 6.45) is 0.